The Kier molecular flexibility index (Phi) is 6.15. The van der Waals surface area contributed by atoms with Gasteiger partial charge in [-0.05, 0) is 43.2 Å². The summed E-state index contributed by atoms with van der Waals surface area (Å²) in [6.45, 7) is 4.14. The summed E-state index contributed by atoms with van der Waals surface area (Å²) in [4.78, 5) is 16.4. The van der Waals surface area contributed by atoms with Gasteiger partial charge in [-0.1, -0.05) is 32.0 Å². The monoisotopic (exact) mass is 360 g/mol. The Bertz CT molecular complexity index is 897. The molecule has 1 aromatic carbocycles. The van der Waals surface area contributed by atoms with Gasteiger partial charge in [-0.2, -0.15) is 5.10 Å². The van der Waals surface area contributed by atoms with E-state index in [1.165, 1.54) is 0 Å². The van der Waals surface area contributed by atoms with Crippen molar-refractivity contribution in [2.45, 2.75) is 32.7 Å². The molecule has 3 aromatic rings. The smallest absolute Gasteiger partial charge is 0.244 e. The fourth-order valence-corrected chi connectivity index (χ4v) is 2.86. The number of carbonyl (C=O) groups is 1. The molecule has 27 heavy (non-hydrogen) atoms. The van der Waals surface area contributed by atoms with Crippen LogP contribution in [0.4, 0.5) is 0 Å². The highest BCUT2D eigenvalue weighted by molar-refractivity contribution is 5.93. The minimum atomic E-state index is -0.0895. The predicted molar refractivity (Wildman–Crippen MR) is 108 cm³/mol. The second-order valence-electron chi connectivity index (χ2n) is 6.31. The van der Waals surface area contributed by atoms with Crippen LogP contribution in [0, 0.1) is 0 Å². The summed E-state index contributed by atoms with van der Waals surface area (Å²) in [5.74, 6) is -0.0895. The molecule has 138 valence electrons. The third-order valence-electron chi connectivity index (χ3n) is 4.44. The zero-order valence-electron chi connectivity index (χ0n) is 15.7. The molecule has 0 radical (unpaired) electrons. The highest BCUT2D eigenvalue weighted by Crippen LogP contribution is 2.24. The lowest BCUT2D eigenvalue weighted by molar-refractivity contribution is -0.117. The summed E-state index contributed by atoms with van der Waals surface area (Å²) in [5, 5.41) is 7.73. The van der Waals surface area contributed by atoms with Crippen LogP contribution in [0.3, 0.4) is 0 Å². The van der Waals surface area contributed by atoms with Gasteiger partial charge in [-0.3, -0.25) is 9.78 Å². The maximum absolute atomic E-state index is 12.2. The predicted octanol–water partition coefficient (Wildman–Crippen LogP) is 4.25. The van der Waals surface area contributed by atoms with Gasteiger partial charge in [0.25, 0.3) is 0 Å². The summed E-state index contributed by atoms with van der Waals surface area (Å²) < 4.78 is 1.82. The third-order valence-corrected chi connectivity index (χ3v) is 4.44. The maximum Gasteiger partial charge on any atom is 0.244 e. The van der Waals surface area contributed by atoms with Gasteiger partial charge in [0.2, 0.25) is 5.91 Å². The van der Waals surface area contributed by atoms with E-state index in [1.54, 1.807) is 18.5 Å². The highest BCUT2D eigenvalue weighted by Gasteiger charge is 2.11. The van der Waals surface area contributed by atoms with Crippen LogP contribution in [0.2, 0.25) is 0 Å². The number of nitrogens with one attached hydrogen (secondary N) is 1. The number of hydrogen-bond acceptors (Lipinski definition) is 3. The zero-order valence-corrected chi connectivity index (χ0v) is 15.7. The molecule has 2 aromatic heterocycles. The molecule has 1 N–H and O–H groups in total. The number of aromatic nitrogens is 3. The first-order valence-electron chi connectivity index (χ1n) is 9.25. The van der Waals surface area contributed by atoms with Crippen LogP contribution in [0.15, 0.2) is 67.1 Å². The van der Waals surface area contributed by atoms with Gasteiger partial charge in [0.05, 0.1) is 5.69 Å². The molecule has 5 nitrogen and oxygen atoms in total. The zero-order chi connectivity index (χ0) is 19.1. The number of para-hydroxylation sites is 1. The Labute approximate surface area is 159 Å². The molecule has 0 saturated heterocycles. The SMILES string of the molecule is CCC(CC)NC(=O)/C=C/c1cn(-c2ccccc2)nc1-c1cccnc1. The molecule has 0 aliphatic rings. The number of pyridine rings is 1. The lowest BCUT2D eigenvalue weighted by atomic mass is 10.1. The van der Waals surface area contributed by atoms with Gasteiger partial charge >= 0.3 is 0 Å². The van der Waals surface area contributed by atoms with Crippen molar-refractivity contribution < 1.29 is 4.79 Å². The molecule has 3 rings (SSSR count). The van der Waals surface area contributed by atoms with Crippen LogP contribution in [0.5, 0.6) is 0 Å². The van der Waals surface area contributed by atoms with Crippen molar-refractivity contribution in [3.05, 3.63) is 72.7 Å². The lowest BCUT2D eigenvalue weighted by Gasteiger charge is -2.12. The standard InChI is InChI=1S/C22H24N4O/c1-3-19(4-2)24-21(27)13-12-18-16-26(20-10-6-5-7-11-20)25-22(18)17-9-8-14-23-15-17/h5-16,19H,3-4H2,1-2H3,(H,24,27)/b13-12+. The van der Waals surface area contributed by atoms with Crippen LogP contribution < -0.4 is 5.32 Å². The second kappa shape index (κ2) is 8.94. The minimum Gasteiger partial charge on any atom is -0.350 e. The molecule has 0 spiro atoms. The molecule has 0 atom stereocenters. The van der Waals surface area contributed by atoms with Crippen molar-refractivity contribution >= 4 is 12.0 Å². The summed E-state index contributed by atoms with van der Waals surface area (Å²) in [6.07, 6.45) is 10.7. The van der Waals surface area contributed by atoms with E-state index in [1.807, 2.05) is 59.4 Å². The molecule has 0 fully saturated rings. The van der Waals surface area contributed by atoms with E-state index in [4.69, 9.17) is 5.10 Å². The fraction of sp³-hybridized carbons (Fsp3) is 0.227. The van der Waals surface area contributed by atoms with Crippen molar-refractivity contribution in [3.8, 4) is 16.9 Å². The average Bonchev–Trinajstić information content (AvgIpc) is 3.16. The topological polar surface area (TPSA) is 59.8 Å². The normalized spacial score (nSPS) is 11.2. The minimum absolute atomic E-state index is 0.0895. The highest BCUT2D eigenvalue weighted by atomic mass is 16.1. The van der Waals surface area contributed by atoms with E-state index in [9.17, 15) is 4.79 Å². The lowest BCUT2D eigenvalue weighted by Crippen LogP contribution is -2.32. The Hall–Kier alpha value is -3.21. The average molecular weight is 360 g/mol. The van der Waals surface area contributed by atoms with Gasteiger partial charge in [-0.15, -0.1) is 0 Å². The number of hydrogen-bond donors (Lipinski definition) is 1. The molecule has 0 saturated carbocycles. The number of nitrogens with zero attached hydrogens (tertiary/aromatic N) is 3. The van der Waals surface area contributed by atoms with E-state index in [-0.39, 0.29) is 11.9 Å². The van der Waals surface area contributed by atoms with Gasteiger partial charge in [-0.25, -0.2) is 4.68 Å². The Morgan fingerprint density at radius 3 is 2.59 bits per heavy atom. The maximum atomic E-state index is 12.2. The van der Waals surface area contributed by atoms with Crippen LogP contribution in [-0.2, 0) is 4.79 Å². The summed E-state index contributed by atoms with van der Waals surface area (Å²) in [7, 11) is 0. The molecule has 5 heteroatoms. The van der Waals surface area contributed by atoms with E-state index in [2.05, 4.69) is 24.1 Å². The molecular formula is C22H24N4O. The van der Waals surface area contributed by atoms with E-state index in [0.29, 0.717) is 0 Å². The molecule has 2 heterocycles. The number of carbonyl (C=O) groups excluding carboxylic acids is 1. The molecule has 0 aliphatic heterocycles. The molecule has 0 bridgehead atoms. The molecule has 0 unspecified atom stereocenters. The third kappa shape index (κ3) is 4.70. The van der Waals surface area contributed by atoms with Crippen LogP contribution >= 0.6 is 0 Å². The van der Waals surface area contributed by atoms with E-state index in [0.717, 1.165) is 35.3 Å². The quantitative estimate of drug-likeness (QED) is 0.641. The molecular weight excluding hydrogens is 336 g/mol. The van der Waals surface area contributed by atoms with Gasteiger partial charge in [0.1, 0.15) is 5.69 Å². The van der Waals surface area contributed by atoms with Crippen LogP contribution in [0.1, 0.15) is 32.3 Å². The van der Waals surface area contributed by atoms with Crippen molar-refractivity contribution in [2.75, 3.05) is 0 Å². The van der Waals surface area contributed by atoms with Gasteiger partial charge in [0.15, 0.2) is 0 Å². The Morgan fingerprint density at radius 2 is 1.93 bits per heavy atom. The first-order valence-corrected chi connectivity index (χ1v) is 9.25. The van der Waals surface area contributed by atoms with Crippen molar-refractivity contribution in [2.24, 2.45) is 0 Å². The molecule has 0 aliphatic carbocycles. The van der Waals surface area contributed by atoms with E-state index >= 15 is 0 Å². The first kappa shape index (κ1) is 18.6. The van der Waals surface area contributed by atoms with Gasteiger partial charge < -0.3 is 5.32 Å². The van der Waals surface area contributed by atoms with Crippen molar-refractivity contribution in [3.63, 3.8) is 0 Å². The van der Waals surface area contributed by atoms with Crippen molar-refractivity contribution in [1.29, 1.82) is 0 Å². The van der Waals surface area contributed by atoms with E-state index < -0.39 is 0 Å². The van der Waals surface area contributed by atoms with Gasteiger partial charge in [0, 0.05) is 41.8 Å². The Morgan fingerprint density at radius 1 is 1.15 bits per heavy atom. The first-order chi connectivity index (χ1) is 13.2. The molecule has 1 amide bonds. The second-order valence-corrected chi connectivity index (χ2v) is 6.31. The van der Waals surface area contributed by atoms with Crippen LogP contribution in [-0.4, -0.2) is 26.7 Å². The number of rotatable bonds is 7. The Balaban J connectivity index is 1.92. The largest absolute Gasteiger partial charge is 0.350 e. The van der Waals surface area contributed by atoms with Crippen molar-refractivity contribution in [1.82, 2.24) is 20.1 Å². The fourth-order valence-electron chi connectivity index (χ4n) is 2.86. The summed E-state index contributed by atoms with van der Waals surface area (Å²) >= 11 is 0. The number of amides is 1. The summed E-state index contributed by atoms with van der Waals surface area (Å²) in [6, 6.07) is 13.9. The van der Waals surface area contributed by atoms with Crippen LogP contribution in [0.25, 0.3) is 23.0 Å². The number of benzene rings is 1. The summed E-state index contributed by atoms with van der Waals surface area (Å²) in [5.41, 5.74) is 3.53.